The van der Waals surface area contributed by atoms with Crippen molar-refractivity contribution in [1.82, 2.24) is 0 Å². The average molecular weight is 318 g/mol. The average Bonchev–Trinajstić information content (AvgIpc) is 2.55. The Morgan fingerprint density at radius 3 is 2.35 bits per heavy atom. The van der Waals surface area contributed by atoms with E-state index in [1.807, 2.05) is 30.3 Å². The van der Waals surface area contributed by atoms with Crippen LogP contribution < -0.4 is 0 Å². The van der Waals surface area contributed by atoms with Crippen molar-refractivity contribution in [1.29, 1.82) is 0 Å². The highest BCUT2D eigenvalue weighted by molar-refractivity contribution is 5.79. The highest BCUT2D eigenvalue weighted by Gasteiger charge is 2.19. The summed E-state index contributed by atoms with van der Waals surface area (Å²) in [4.78, 5) is 22.9. The fraction of sp³-hybridized carbons (Fsp3) is 0.474. The summed E-state index contributed by atoms with van der Waals surface area (Å²) < 4.78 is 11.0. The van der Waals surface area contributed by atoms with Gasteiger partial charge in [0.15, 0.2) is 12.0 Å². The quantitative estimate of drug-likeness (QED) is 0.214. The first-order valence-electron chi connectivity index (χ1n) is 8.14. The molecule has 0 bridgehead atoms. The monoisotopic (exact) mass is 318 g/mol. The summed E-state index contributed by atoms with van der Waals surface area (Å²) >= 11 is 0. The van der Waals surface area contributed by atoms with Crippen LogP contribution in [0.1, 0.15) is 52.0 Å². The van der Waals surface area contributed by atoms with Gasteiger partial charge in [0, 0.05) is 6.42 Å². The molecular weight excluding hydrogens is 292 g/mol. The number of ether oxygens (including phenoxy) is 2. The summed E-state index contributed by atoms with van der Waals surface area (Å²) in [7, 11) is 0. The van der Waals surface area contributed by atoms with E-state index in [1.165, 1.54) is 0 Å². The lowest BCUT2D eigenvalue weighted by Gasteiger charge is -2.21. The van der Waals surface area contributed by atoms with Gasteiger partial charge in [0.05, 0.1) is 0 Å². The predicted molar refractivity (Wildman–Crippen MR) is 90.7 cm³/mol. The molecule has 23 heavy (non-hydrogen) atoms. The Morgan fingerprint density at radius 2 is 1.74 bits per heavy atom. The molecule has 0 spiro atoms. The van der Waals surface area contributed by atoms with E-state index >= 15 is 0 Å². The zero-order valence-corrected chi connectivity index (χ0v) is 14.2. The molecule has 0 aliphatic rings. The van der Waals surface area contributed by atoms with Gasteiger partial charge in [0.2, 0.25) is 0 Å². The Morgan fingerprint density at radius 1 is 1.09 bits per heavy atom. The maximum Gasteiger partial charge on any atom is 0.306 e. The van der Waals surface area contributed by atoms with Gasteiger partial charge < -0.3 is 9.47 Å². The predicted octanol–water partition coefficient (Wildman–Crippen LogP) is 4.14. The van der Waals surface area contributed by atoms with Crippen LogP contribution in [0.15, 0.2) is 36.1 Å². The Balaban J connectivity index is 2.52. The molecule has 1 rings (SSSR count). The number of carbonyl (C=O) groups excluding carboxylic acids is 2. The third kappa shape index (κ3) is 7.63. The molecule has 4 heteroatoms. The first-order valence-corrected chi connectivity index (χ1v) is 8.14. The van der Waals surface area contributed by atoms with E-state index in [2.05, 4.69) is 6.92 Å². The number of rotatable bonds is 10. The van der Waals surface area contributed by atoms with Crippen molar-refractivity contribution >= 4 is 18.3 Å². The maximum absolute atomic E-state index is 11.7. The zero-order valence-electron chi connectivity index (χ0n) is 14.2. The van der Waals surface area contributed by atoms with E-state index in [1.54, 1.807) is 19.9 Å². The van der Waals surface area contributed by atoms with Crippen LogP contribution in [0, 0.1) is 0 Å². The van der Waals surface area contributed by atoms with Crippen LogP contribution in [0.3, 0.4) is 0 Å². The minimum absolute atomic E-state index is 0.220. The van der Waals surface area contributed by atoms with Crippen LogP contribution in [0.4, 0.5) is 0 Å². The Kier molecular flexibility index (Phi) is 8.73. The molecule has 0 saturated carbocycles. The molecule has 1 aromatic rings. The molecule has 4 nitrogen and oxygen atoms in total. The van der Waals surface area contributed by atoms with Gasteiger partial charge in [0.25, 0.3) is 0 Å². The third-order valence-electron chi connectivity index (χ3n) is 3.51. The second-order valence-electron chi connectivity index (χ2n) is 5.55. The van der Waals surface area contributed by atoms with Gasteiger partial charge in [-0.2, -0.15) is 0 Å². The molecule has 0 aliphatic heterocycles. The van der Waals surface area contributed by atoms with Crippen molar-refractivity contribution in [2.24, 2.45) is 0 Å². The standard InChI is InChI=1S/C19H26O4/c1-4-5-7-12-19(21)23-16(3)15(2)22-18(14-20)13-17-10-8-6-9-11-17/h6,8-11,13-16H,4-5,7,12H2,1-3H3. The molecule has 2 unspecified atom stereocenters. The fourth-order valence-corrected chi connectivity index (χ4v) is 2.00. The number of carbonyl (C=O) groups is 2. The lowest BCUT2D eigenvalue weighted by Crippen LogP contribution is -2.28. The summed E-state index contributed by atoms with van der Waals surface area (Å²) in [5, 5.41) is 0. The molecule has 0 N–H and O–H groups in total. The molecule has 1 aromatic carbocycles. The minimum atomic E-state index is -0.414. The van der Waals surface area contributed by atoms with Crippen LogP contribution >= 0.6 is 0 Å². The SMILES string of the molecule is CCCCCC(=O)OC(C)C(C)OC(C=O)=Cc1ccccc1. The van der Waals surface area contributed by atoms with Crippen molar-refractivity contribution in [3.63, 3.8) is 0 Å². The smallest absolute Gasteiger partial charge is 0.306 e. The normalized spacial score (nSPS) is 14.0. The summed E-state index contributed by atoms with van der Waals surface area (Å²) in [6, 6.07) is 9.45. The van der Waals surface area contributed by atoms with Gasteiger partial charge in [-0.05, 0) is 31.9 Å². The molecule has 0 aliphatic carbocycles. The number of aldehydes is 1. The lowest BCUT2D eigenvalue weighted by atomic mass is 10.2. The van der Waals surface area contributed by atoms with E-state index < -0.39 is 12.2 Å². The Hall–Kier alpha value is -2.10. The van der Waals surface area contributed by atoms with E-state index in [0.717, 1.165) is 24.8 Å². The van der Waals surface area contributed by atoms with Crippen molar-refractivity contribution in [2.45, 2.75) is 58.7 Å². The van der Waals surface area contributed by atoms with Crippen LogP contribution in [-0.2, 0) is 19.1 Å². The lowest BCUT2D eigenvalue weighted by molar-refractivity contribution is -0.153. The molecule has 0 aromatic heterocycles. The highest BCUT2D eigenvalue weighted by atomic mass is 16.6. The van der Waals surface area contributed by atoms with Crippen LogP contribution in [0.5, 0.6) is 0 Å². The second-order valence-corrected chi connectivity index (χ2v) is 5.55. The summed E-state index contributed by atoms with van der Waals surface area (Å²) in [6.45, 7) is 5.64. The van der Waals surface area contributed by atoms with Crippen molar-refractivity contribution < 1.29 is 19.1 Å². The maximum atomic E-state index is 11.7. The molecular formula is C19H26O4. The van der Waals surface area contributed by atoms with Crippen LogP contribution in [0.25, 0.3) is 6.08 Å². The van der Waals surface area contributed by atoms with Gasteiger partial charge in [-0.15, -0.1) is 0 Å². The molecule has 0 fully saturated rings. The first kappa shape index (κ1) is 18.9. The topological polar surface area (TPSA) is 52.6 Å². The Bertz CT molecular complexity index is 507. The number of esters is 1. The van der Waals surface area contributed by atoms with Gasteiger partial charge in [0.1, 0.15) is 12.2 Å². The summed E-state index contributed by atoms with van der Waals surface area (Å²) in [5.74, 6) is -0.00123. The van der Waals surface area contributed by atoms with Crippen LogP contribution in [-0.4, -0.2) is 24.5 Å². The zero-order chi connectivity index (χ0) is 17.1. The molecule has 0 amide bonds. The number of benzene rings is 1. The van der Waals surface area contributed by atoms with Crippen molar-refractivity contribution in [2.75, 3.05) is 0 Å². The summed E-state index contributed by atoms with van der Waals surface area (Å²) in [5.41, 5.74) is 0.881. The van der Waals surface area contributed by atoms with Gasteiger partial charge in [-0.25, -0.2) is 0 Å². The molecule has 126 valence electrons. The van der Waals surface area contributed by atoms with Gasteiger partial charge in [-0.3, -0.25) is 9.59 Å². The largest absolute Gasteiger partial charge is 0.483 e. The van der Waals surface area contributed by atoms with E-state index in [9.17, 15) is 9.59 Å². The number of hydrogen-bond acceptors (Lipinski definition) is 4. The third-order valence-corrected chi connectivity index (χ3v) is 3.51. The van der Waals surface area contributed by atoms with E-state index in [4.69, 9.17) is 9.47 Å². The van der Waals surface area contributed by atoms with Gasteiger partial charge >= 0.3 is 5.97 Å². The summed E-state index contributed by atoms with van der Waals surface area (Å²) in [6.07, 6.45) is 4.86. The van der Waals surface area contributed by atoms with Gasteiger partial charge in [-0.1, -0.05) is 50.1 Å². The first-order chi connectivity index (χ1) is 11.1. The Labute approximate surface area is 138 Å². The molecule has 0 heterocycles. The fourth-order valence-electron chi connectivity index (χ4n) is 2.00. The number of allylic oxidation sites excluding steroid dienone is 1. The number of hydrogen-bond donors (Lipinski definition) is 0. The molecule has 0 radical (unpaired) electrons. The minimum Gasteiger partial charge on any atom is -0.483 e. The van der Waals surface area contributed by atoms with E-state index in [0.29, 0.717) is 12.7 Å². The highest BCUT2D eigenvalue weighted by Crippen LogP contribution is 2.13. The molecule has 0 saturated heterocycles. The second kappa shape index (κ2) is 10.6. The van der Waals surface area contributed by atoms with E-state index in [-0.39, 0.29) is 11.7 Å². The number of unbranched alkanes of at least 4 members (excludes halogenated alkanes) is 2. The van der Waals surface area contributed by atoms with Crippen LogP contribution in [0.2, 0.25) is 0 Å². The molecule has 2 atom stereocenters. The van der Waals surface area contributed by atoms with Crippen molar-refractivity contribution in [3.05, 3.63) is 41.7 Å². The van der Waals surface area contributed by atoms with Crippen molar-refractivity contribution in [3.8, 4) is 0 Å².